The first-order valence-corrected chi connectivity index (χ1v) is 6.52. The summed E-state index contributed by atoms with van der Waals surface area (Å²) in [7, 11) is 0. The van der Waals surface area contributed by atoms with Gasteiger partial charge in [0, 0.05) is 12.6 Å². The maximum Gasteiger partial charge on any atom is 0.239 e. The molecule has 0 unspecified atom stereocenters. The van der Waals surface area contributed by atoms with Crippen LogP contribution in [0.4, 0.5) is 14.5 Å². The molecule has 1 rings (SSSR count). The van der Waals surface area contributed by atoms with Gasteiger partial charge in [0.1, 0.15) is 17.3 Å². The maximum absolute atomic E-state index is 13.9. The minimum Gasteiger partial charge on any atom is -0.392 e. The second-order valence-electron chi connectivity index (χ2n) is 4.80. The number of nitrogens with one attached hydrogen (secondary N) is 1. The van der Waals surface area contributed by atoms with Crippen LogP contribution >= 0.6 is 0 Å². The predicted octanol–water partition coefficient (Wildman–Crippen LogP) is 1.81. The number of aliphatic hydroxyl groups is 1. The molecule has 0 aliphatic heterocycles. The molecule has 0 radical (unpaired) electrons. The number of nitrogens with zero attached hydrogens (tertiary/aromatic N) is 1. The fourth-order valence-electron chi connectivity index (χ4n) is 1.90. The van der Waals surface area contributed by atoms with Gasteiger partial charge in [0.2, 0.25) is 5.91 Å². The summed E-state index contributed by atoms with van der Waals surface area (Å²) < 4.78 is 27.8. The van der Waals surface area contributed by atoms with E-state index < -0.39 is 18.2 Å². The molecule has 6 heteroatoms. The smallest absolute Gasteiger partial charge is 0.239 e. The fourth-order valence-corrected chi connectivity index (χ4v) is 1.90. The lowest BCUT2D eigenvalue weighted by Crippen LogP contribution is -2.40. The van der Waals surface area contributed by atoms with E-state index in [0.29, 0.717) is 0 Å². The molecule has 2 N–H and O–H groups in total. The Morgan fingerprint density at radius 2 is 1.90 bits per heavy atom. The van der Waals surface area contributed by atoms with Crippen LogP contribution in [0.25, 0.3) is 0 Å². The molecule has 0 aliphatic rings. The average Bonchev–Trinajstić information content (AvgIpc) is 2.35. The van der Waals surface area contributed by atoms with E-state index in [2.05, 4.69) is 5.32 Å². The lowest BCUT2D eigenvalue weighted by molar-refractivity contribution is -0.120. The monoisotopic (exact) mass is 286 g/mol. The zero-order valence-corrected chi connectivity index (χ0v) is 11.9. The number of hydrogen-bond acceptors (Lipinski definition) is 3. The summed E-state index contributed by atoms with van der Waals surface area (Å²) in [4.78, 5) is 13.0. The van der Waals surface area contributed by atoms with E-state index in [9.17, 15) is 13.6 Å². The van der Waals surface area contributed by atoms with Crippen molar-refractivity contribution in [3.8, 4) is 0 Å². The average molecular weight is 286 g/mol. The van der Waals surface area contributed by atoms with Crippen LogP contribution in [0.2, 0.25) is 0 Å². The summed E-state index contributed by atoms with van der Waals surface area (Å²) in [6.45, 7) is 5.06. The van der Waals surface area contributed by atoms with Crippen molar-refractivity contribution in [3.63, 3.8) is 0 Å². The fraction of sp³-hybridized carbons (Fsp3) is 0.500. The number of aliphatic hydroxyl groups excluding tert-OH is 1. The molecule has 112 valence electrons. The van der Waals surface area contributed by atoms with Crippen molar-refractivity contribution in [1.82, 2.24) is 5.32 Å². The summed E-state index contributed by atoms with van der Waals surface area (Å²) in [6, 6.07) is 2.11. The number of likely N-dealkylation sites (N-methyl/N-ethyl adjacent to an activating group) is 1. The van der Waals surface area contributed by atoms with Crippen molar-refractivity contribution in [2.75, 3.05) is 18.0 Å². The van der Waals surface area contributed by atoms with Crippen molar-refractivity contribution in [2.45, 2.75) is 33.4 Å². The number of benzene rings is 1. The number of halogens is 2. The highest BCUT2D eigenvalue weighted by molar-refractivity contribution is 5.81. The molecule has 20 heavy (non-hydrogen) atoms. The van der Waals surface area contributed by atoms with Crippen molar-refractivity contribution in [2.24, 2.45) is 0 Å². The number of rotatable bonds is 6. The van der Waals surface area contributed by atoms with E-state index >= 15 is 0 Å². The summed E-state index contributed by atoms with van der Waals surface area (Å²) in [5.41, 5.74) is -0.0879. The quantitative estimate of drug-likeness (QED) is 0.838. The van der Waals surface area contributed by atoms with Gasteiger partial charge in [-0.05, 0) is 38.5 Å². The Bertz CT molecular complexity index is 455. The van der Waals surface area contributed by atoms with Crippen molar-refractivity contribution in [3.05, 3.63) is 29.3 Å². The topological polar surface area (TPSA) is 52.6 Å². The highest BCUT2D eigenvalue weighted by atomic mass is 19.1. The Labute approximate surface area is 117 Å². The van der Waals surface area contributed by atoms with Gasteiger partial charge in [0.25, 0.3) is 0 Å². The summed E-state index contributed by atoms with van der Waals surface area (Å²) in [5.74, 6) is -1.87. The van der Waals surface area contributed by atoms with E-state index in [0.717, 1.165) is 12.1 Å². The van der Waals surface area contributed by atoms with Crippen LogP contribution < -0.4 is 10.2 Å². The van der Waals surface area contributed by atoms with E-state index in [1.165, 1.54) is 4.90 Å². The highest BCUT2D eigenvalue weighted by Gasteiger charge is 2.19. The van der Waals surface area contributed by atoms with Crippen LogP contribution in [0.3, 0.4) is 0 Å². The molecule has 4 nitrogen and oxygen atoms in total. The van der Waals surface area contributed by atoms with Crippen LogP contribution in [-0.4, -0.2) is 30.1 Å². The summed E-state index contributed by atoms with van der Waals surface area (Å²) >= 11 is 0. The second kappa shape index (κ2) is 7.19. The zero-order valence-electron chi connectivity index (χ0n) is 11.9. The molecule has 0 fully saturated rings. The van der Waals surface area contributed by atoms with Gasteiger partial charge in [-0.25, -0.2) is 8.78 Å². The standard InChI is InChI=1S/C14H20F2N2O2/c1-4-18(7-13(20)17-9(2)3)14-11(15)5-10(8-19)6-12(14)16/h5-6,9,19H,4,7-8H2,1-3H3,(H,17,20). The molecule has 0 aromatic heterocycles. The molecule has 0 atom stereocenters. The molecule has 0 saturated heterocycles. The van der Waals surface area contributed by atoms with E-state index in [1.807, 2.05) is 13.8 Å². The van der Waals surface area contributed by atoms with Gasteiger partial charge in [0.15, 0.2) is 0 Å². The first-order chi connectivity index (χ1) is 9.38. The van der Waals surface area contributed by atoms with Crippen LogP contribution in [0.15, 0.2) is 12.1 Å². The van der Waals surface area contributed by atoms with Gasteiger partial charge in [-0.3, -0.25) is 4.79 Å². The summed E-state index contributed by atoms with van der Waals surface area (Å²) in [6.07, 6.45) is 0. The molecule has 0 bridgehead atoms. The normalized spacial score (nSPS) is 10.8. The number of carbonyl (C=O) groups excluding carboxylic acids is 1. The minimum absolute atomic E-state index is 0.0346. The second-order valence-corrected chi connectivity index (χ2v) is 4.80. The number of carbonyl (C=O) groups is 1. The van der Waals surface area contributed by atoms with E-state index in [-0.39, 0.29) is 36.3 Å². The Kier molecular flexibility index (Phi) is 5.88. The lowest BCUT2D eigenvalue weighted by Gasteiger charge is -2.24. The third-order valence-corrected chi connectivity index (χ3v) is 2.74. The lowest BCUT2D eigenvalue weighted by atomic mass is 10.1. The first kappa shape index (κ1) is 16.4. The zero-order chi connectivity index (χ0) is 15.3. The van der Waals surface area contributed by atoms with Gasteiger partial charge in [-0.15, -0.1) is 0 Å². The van der Waals surface area contributed by atoms with Crippen molar-refractivity contribution >= 4 is 11.6 Å². The van der Waals surface area contributed by atoms with Crippen molar-refractivity contribution in [1.29, 1.82) is 0 Å². The van der Waals surface area contributed by atoms with Crippen LogP contribution in [0.1, 0.15) is 26.3 Å². The molecule has 1 aromatic rings. The third kappa shape index (κ3) is 4.16. The Balaban J connectivity index is 2.98. The molecular formula is C14H20F2N2O2. The van der Waals surface area contributed by atoms with Crippen LogP contribution in [-0.2, 0) is 11.4 Å². The van der Waals surface area contributed by atoms with Gasteiger partial charge < -0.3 is 15.3 Å². The summed E-state index contributed by atoms with van der Waals surface area (Å²) in [5, 5.41) is 11.6. The van der Waals surface area contributed by atoms with Gasteiger partial charge in [0.05, 0.1) is 13.2 Å². The largest absolute Gasteiger partial charge is 0.392 e. The van der Waals surface area contributed by atoms with Crippen LogP contribution in [0, 0.1) is 11.6 Å². The SMILES string of the molecule is CCN(CC(=O)NC(C)C)c1c(F)cc(CO)cc1F. The molecule has 0 aliphatic carbocycles. The first-order valence-electron chi connectivity index (χ1n) is 6.52. The number of anilines is 1. The number of hydrogen-bond donors (Lipinski definition) is 2. The van der Waals surface area contributed by atoms with Gasteiger partial charge in [-0.1, -0.05) is 0 Å². The predicted molar refractivity (Wildman–Crippen MR) is 73.4 cm³/mol. The molecular weight excluding hydrogens is 266 g/mol. The van der Waals surface area contributed by atoms with E-state index in [4.69, 9.17) is 5.11 Å². The Hall–Kier alpha value is -1.69. The molecule has 0 heterocycles. The molecule has 1 amide bonds. The maximum atomic E-state index is 13.9. The Morgan fingerprint density at radius 1 is 1.35 bits per heavy atom. The molecule has 1 aromatic carbocycles. The van der Waals surface area contributed by atoms with Crippen LogP contribution in [0.5, 0.6) is 0 Å². The third-order valence-electron chi connectivity index (χ3n) is 2.74. The van der Waals surface area contributed by atoms with Crippen molar-refractivity contribution < 1.29 is 18.7 Å². The molecule has 0 spiro atoms. The van der Waals surface area contributed by atoms with Gasteiger partial charge in [-0.2, -0.15) is 0 Å². The highest BCUT2D eigenvalue weighted by Crippen LogP contribution is 2.25. The minimum atomic E-state index is -0.784. The molecule has 0 saturated carbocycles. The van der Waals surface area contributed by atoms with Gasteiger partial charge >= 0.3 is 0 Å². The van der Waals surface area contributed by atoms with E-state index in [1.54, 1.807) is 6.92 Å². The number of amides is 1. The Morgan fingerprint density at radius 3 is 2.30 bits per heavy atom.